The van der Waals surface area contributed by atoms with Gasteiger partial charge in [0, 0.05) is 23.4 Å². The topological polar surface area (TPSA) is 58.2 Å². The average molecular weight is 344 g/mol. The Kier molecular flexibility index (Phi) is 5.44. The largest absolute Gasteiger partial charge is 0.348 e. The van der Waals surface area contributed by atoms with Gasteiger partial charge in [0.05, 0.1) is 0 Å². The third-order valence-corrected chi connectivity index (χ3v) is 3.98. The second kappa shape index (κ2) is 8.12. The van der Waals surface area contributed by atoms with Crippen LogP contribution >= 0.6 is 0 Å². The van der Waals surface area contributed by atoms with E-state index in [-0.39, 0.29) is 11.8 Å². The van der Waals surface area contributed by atoms with E-state index in [2.05, 4.69) is 10.6 Å². The summed E-state index contributed by atoms with van der Waals surface area (Å²) in [5.74, 6) is -0.319. The van der Waals surface area contributed by atoms with Gasteiger partial charge in [-0.1, -0.05) is 48.0 Å². The molecule has 130 valence electrons. The summed E-state index contributed by atoms with van der Waals surface area (Å²) >= 11 is 0. The molecule has 0 atom stereocenters. The van der Waals surface area contributed by atoms with Gasteiger partial charge in [-0.2, -0.15) is 0 Å². The molecule has 0 saturated carbocycles. The molecule has 4 heteroatoms. The Labute approximate surface area is 152 Å². The van der Waals surface area contributed by atoms with Gasteiger partial charge in [-0.25, -0.2) is 0 Å². The van der Waals surface area contributed by atoms with Crippen molar-refractivity contribution in [2.75, 3.05) is 5.32 Å². The fraction of sp³-hybridized carbons (Fsp3) is 0.0909. The van der Waals surface area contributed by atoms with Gasteiger partial charge in [0.2, 0.25) is 0 Å². The first-order valence-electron chi connectivity index (χ1n) is 8.42. The standard InChI is InChI=1S/C22H20N2O2/c1-16-6-5-9-19(14-16)22(26)24-20-12-10-18(11-13-20)21(25)23-15-17-7-3-2-4-8-17/h2-14H,15H2,1H3,(H,23,25)(H,24,26). The molecule has 26 heavy (non-hydrogen) atoms. The Bertz CT molecular complexity index is 903. The van der Waals surface area contributed by atoms with Crippen molar-refractivity contribution in [1.82, 2.24) is 5.32 Å². The van der Waals surface area contributed by atoms with E-state index in [0.29, 0.717) is 23.4 Å². The molecule has 0 bridgehead atoms. The number of rotatable bonds is 5. The lowest BCUT2D eigenvalue weighted by Gasteiger charge is -2.08. The lowest BCUT2D eigenvalue weighted by Crippen LogP contribution is -2.22. The lowest BCUT2D eigenvalue weighted by molar-refractivity contribution is 0.0950. The van der Waals surface area contributed by atoms with Gasteiger partial charge >= 0.3 is 0 Å². The van der Waals surface area contributed by atoms with Crippen LogP contribution in [0.1, 0.15) is 31.8 Å². The van der Waals surface area contributed by atoms with Crippen molar-refractivity contribution in [1.29, 1.82) is 0 Å². The van der Waals surface area contributed by atoms with E-state index in [9.17, 15) is 9.59 Å². The Morgan fingerprint density at radius 2 is 1.50 bits per heavy atom. The van der Waals surface area contributed by atoms with Crippen molar-refractivity contribution in [3.05, 3.63) is 101 Å². The van der Waals surface area contributed by atoms with Crippen LogP contribution in [0.3, 0.4) is 0 Å². The fourth-order valence-corrected chi connectivity index (χ4v) is 2.57. The van der Waals surface area contributed by atoms with Crippen molar-refractivity contribution in [2.45, 2.75) is 13.5 Å². The predicted molar refractivity (Wildman–Crippen MR) is 103 cm³/mol. The van der Waals surface area contributed by atoms with E-state index in [1.165, 1.54) is 0 Å². The van der Waals surface area contributed by atoms with Crippen LogP contribution in [-0.2, 0) is 6.54 Å². The van der Waals surface area contributed by atoms with Crippen LogP contribution < -0.4 is 10.6 Å². The van der Waals surface area contributed by atoms with Gasteiger partial charge in [-0.15, -0.1) is 0 Å². The van der Waals surface area contributed by atoms with Crippen LogP contribution in [0.15, 0.2) is 78.9 Å². The van der Waals surface area contributed by atoms with Gasteiger partial charge in [0.1, 0.15) is 0 Å². The van der Waals surface area contributed by atoms with Gasteiger partial charge in [-0.3, -0.25) is 9.59 Å². The highest BCUT2D eigenvalue weighted by Crippen LogP contribution is 2.12. The maximum Gasteiger partial charge on any atom is 0.255 e. The first-order chi connectivity index (χ1) is 12.6. The molecular weight excluding hydrogens is 324 g/mol. The van der Waals surface area contributed by atoms with E-state index in [1.807, 2.05) is 55.5 Å². The van der Waals surface area contributed by atoms with E-state index in [0.717, 1.165) is 11.1 Å². The zero-order chi connectivity index (χ0) is 18.4. The van der Waals surface area contributed by atoms with Crippen LogP contribution in [0.2, 0.25) is 0 Å². The molecule has 0 radical (unpaired) electrons. The number of hydrogen-bond donors (Lipinski definition) is 2. The molecule has 0 aromatic heterocycles. The van der Waals surface area contributed by atoms with Gasteiger partial charge < -0.3 is 10.6 Å². The quantitative estimate of drug-likeness (QED) is 0.729. The third kappa shape index (κ3) is 4.57. The summed E-state index contributed by atoms with van der Waals surface area (Å²) in [6.07, 6.45) is 0. The number of carbonyl (C=O) groups excluding carboxylic acids is 2. The minimum atomic E-state index is -0.171. The monoisotopic (exact) mass is 344 g/mol. The van der Waals surface area contributed by atoms with Crippen LogP contribution in [0.4, 0.5) is 5.69 Å². The molecule has 0 spiro atoms. The van der Waals surface area contributed by atoms with E-state index < -0.39 is 0 Å². The first-order valence-corrected chi connectivity index (χ1v) is 8.42. The van der Waals surface area contributed by atoms with E-state index in [4.69, 9.17) is 0 Å². The SMILES string of the molecule is Cc1cccc(C(=O)Nc2ccc(C(=O)NCc3ccccc3)cc2)c1. The van der Waals surface area contributed by atoms with Gasteiger partial charge in [0.15, 0.2) is 0 Å². The Balaban J connectivity index is 1.59. The van der Waals surface area contributed by atoms with Crippen molar-refractivity contribution in [2.24, 2.45) is 0 Å². The highest BCUT2D eigenvalue weighted by Gasteiger charge is 2.08. The Morgan fingerprint density at radius 1 is 0.769 bits per heavy atom. The third-order valence-electron chi connectivity index (χ3n) is 3.98. The lowest BCUT2D eigenvalue weighted by atomic mass is 10.1. The molecule has 3 aromatic carbocycles. The highest BCUT2D eigenvalue weighted by molar-refractivity contribution is 6.04. The smallest absolute Gasteiger partial charge is 0.255 e. The summed E-state index contributed by atoms with van der Waals surface area (Å²) in [4.78, 5) is 24.5. The number of carbonyl (C=O) groups is 2. The molecule has 0 aliphatic rings. The molecule has 0 fully saturated rings. The number of amides is 2. The molecule has 3 rings (SSSR count). The van der Waals surface area contributed by atoms with Crippen LogP contribution in [-0.4, -0.2) is 11.8 Å². The van der Waals surface area contributed by atoms with Crippen molar-refractivity contribution < 1.29 is 9.59 Å². The summed E-state index contributed by atoms with van der Waals surface area (Å²) in [7, 11) is 0. The van der Waals surface area contributed by atoms with Crippen LogP contribution in [0.25, 0.3) is 0 Å². The number of anilines is 1. The second-order valence-electron chi connectivity index (χ2n) is 6.07. The molecule has 0 aliphatic heterocycles. The van der Waals surface area contributed by atoms with E-state index in [1.54, 1.807) is 30.3 Å². The molecule has 0 unspecified atom stereocenters. The Hall–Kier alpha value is -3.40. The van der Waals surface area contributed by atoms with Crippen LogP contribution in [0, 0.1) is 6.92 Å². The molecular formula is C22H20N2O2. The zero-order valence-corrected chi connectivity index (χ0v) is 14.5. The molecule has 0 aliphatic carbocycles. The van der Waals surface area contributed by atoms with Crippen LogP contribution in [0.5, 0.6) is 0 Å². The maximum atomic E-state index is 12.3. The van der Waals surface area contributed by atoms with Crippen molar-refractivity contribution in [3.8, 4) is 0 Å². The molecule has 2 amide bonds. The molecule has 4 nitrogen and oxygen atoms in total. The Morgan fingerprint density at radius 3 is 2.19 bits per heavy atom. The van der Waals surface area contributed by atoms with Crippen molar-refractivity contribution >= 4 is 17.5 Å². The van der Waals surface area contributed by atoms with E-state index >= 15 is 0 Å². The fourth-order valence-electron chi connectivity index (χ4n) is 2.57. The highest BCUT2D eigenvalue weighted by atomic mass is 16.2. The summed E-state index contributed by atoms with van der Waals surface area (Å²) in [5, 5.41) is 5.72. The maximum absolute atomic E-state index is 12.3. The predicted octanol–water partition coefficient (Wildman–Crippen LogP) is 4.18. The molecule has 3 aromatic rings. The van der Waals surface area contributed by atoms with Crippen molar-refractivity contribution in [3.63, 3.8) is 0 Å². The average Bonchev–Trinajstić information content (AvgIpc) is 2.67. The number of aryl methyl sites for hydroxylation is 1. The molecule has 2 N–H and O–H groups in total. The summed E-state index contributed by atoms with van der Waals surface area (Å²) in [5.41, 5.74) is 3.88. The van der Waals surface area contributed by atoms with Gasteiger partial charge in [0.25, 0.3) is 11.8 Å². The first kappa shape index (κ1) is 17.4. The molecule has 0 heterocycles. The number of hydrogen-bond acceptors (Lipinski definition) is 2. The minimum Gasteiger partial charge on any atom is -0.348 e. The molecule has 0 saturated heterocycles. The summed E-state index contributed by atoms with van der Waals surface area (Å²) in [6, 6.07) is 24.0. The summed E-state index contributed by atoms with van der Waals surface area (Å²) in [6.45, 7) is 2.42. The number of nitrogens with one attached hydrogen (secondary N) is 2. The second-order valence-corrected chi connectivity index (χ2v) is 6.07. The number of benzene rings is 3. The van der Waals surface area contributed by atoms with Gasteiger partial charge in [-0.05, 0) is 48.9 Å². The minimum absolute atomic E-state index is 0.148. The summed E-state index contributed by atoms with van der Waals surface area (Å²) < 4.78 is 0. The zero-order valence-electron chi connectivity index (χ0n) is 14.5. The normalized spacial score (nSPS) is 10.2.